The lowest BCUT2D eigenvalue weighted by Gasteiger charge is -2.27. The molecule has 1 aromatic carbocycles. The number of rotatable bonds is 5. The average molecular weight is 376 g/mol. The van der Waals surface area contributed by atoms with Gasteiger partial charge in [0.05, 0.1) is 6.54 Å². The second-order valence-electron chi connectivity index (χ2n) is 6.57. The lowest BCUT2D eigenvalue weighted by atomic mass is 10.1. The minimum atomic E-state index is -0.911. The molecule has 2 aromatic rings. The fourth-order valence-corrected chi connectivity index (χ4v) is 2.87. The zero-order chi connectivity index (χ0) is 19.4. The number of amides is 1. The molecule has 0 unspecified atom stereocenters. The molecule has 1 amide bonds. The van der Waals surface area contributed by atoms with E-state index in [1.165, 1.54) is 12.5 Å². The van der Waals surface area contributed by atoms with Gasteiger partial charge in [-0.1, -0.05) is 6.07 Å². The smallest absolute Gasteiger partial charge is 0.257 e. The Hall–Kier alpha value is -2.84. The van der Waals surface area contributed by atoms with E-state index in [9.17, 15) is 13.6 Å². The van der Waals surface area contributed by atoms with E-state index in [0.717, 1.165) is 38.1 Å². The van der Waals surface area contributed by atoms with Gasteiger partial charge in [-0.15, -0.1) is 0 Å². The molecule has 3 rings (SSSR count). The highest BCUT2D eigenvalue weighted by molar-refractivity contribution is 5.94. The zero-order valence-electron chi connectivity index (χ0n) is 15.4. The van der Waals surface area contributed by atoms with Crippen LogP contribution in [0.25, 0.3) is 0 Å². The minimum Gasteiger partial charge on any atom is -0.347 e. The van der Waals surface area contributed by atoms with Crippen molar-refractivity contribution in [1.82, 2.24) is 20.3 Å². The van der Waals surface area contributed by atoms with Gasteiger partial charge in [0.1, 0.15) is 17.2 Å². The number of hydrogen-bond acceptors (Lipinski definition) is 6. The number of hydrogen-bond donors (Lipinski definition) is 1. The third-order valence-electron chi connectivity index (χ3n) is 4.29. The molecule has 0 aliphatic carbocycles. The van der Waals surface area contributed by atoms with Gasteiger partial charge >= 0.3 is 0 Å². The summed E-state index contributed by atoms with van der Waals surface area (Å²) in [6, 6.07) is 3.29. The minimum absolute atomic E-state index is 0.0587. The third-order valence-corrected chi connectivity index (χ3v) is 4.29. The van der Waals surface area contributed by atoms with E-state index < -0.39 is 23.1 Å². The van der Waals surface area contributed by atoms with Crippen molar-refractivity contribution in [3.05, 3.63) is 41.2 Å². The molecule has 1 fully saturated rings. The van der Waals surface area contributed by atoms with Crippen LogP contribution in [0.2, 0.25) is 0 Å². The summed E-state index contributed by atoms with van der Waals surface area (Å²) in [6.45, 7) is 1.67. The highest BCUT2D eigenvalue weighted by Gasteiger charge is 2.19. The maximum atomic E-state index is 13.7. The first-order valence-electron chi connectivity index (χ1n) is 8.85. The van der Waals surface area contributed by atoms with Crippen molar-refractivity contribution in [1.29, 1.82) is 0 Å². The van der Waals surface area contributed by atoms with Gasteiger partial charge in [-0.2, -0.15) is 15.0 Å². The van der Waals surface area contributed by atoms with E-state index in [2.05, 4.69) is 25.2 Å². The van der Waals surface area contributed by atoms with Crippen LogP contribution in [0.1, 0.15) is 35.4 Å². The second-order valence-corrected chi connectivity index (χ2v) is 6.57. The molecule has 1 aliphatic heterocycles. The van der Waals surface area contributed by atoms with Crippen LogP contribution in [-0.4, -0.2) is 48.0 Å². The summed E-state index contributed by atoms with van der Waals surface area (Å²) >= 11 is 0. The largest absolute Gasteiger partial charge is 0.347 e. The number of nitrogens with zero attached hydrogens (tertiary/aromatic N) is 5. The number of halogens is 2. The maximum Gasteiger partial charge on any atom is 0.257 e. The normalized spacial score (nSPS) is 14.1. The SMILES string of the molecule is CN(C)c1nc(CNC(=O)c2c(F)cccc2F)nc(N2CCCCC2)n1. The quantitative estimate of drug-likeness (QED) is 0.862. The van der Waals surface area contributed by atoms with Gasteiger partial charge in [0.15, 0.2) is 5.82 Å². The van der Waals surface area contributed by atoms with Crippen LogP contribution >= 0.6 is 0 Å². The Bertz CT molecular complexity index is 803. The van der Waals surface area contributed by atoms with Crippen molar-refractivity contribution in [2.24, 2.45) is 0 Å². The molecule has 2 heterocycles. The molecule has 0 saturated carbocycles. The van der Waals surface area contributed by atoms with Gasteiger partial charge in [0.25, 0.3) is 5.91 Å². The van der Waals surface area contributed by atoms with Crippen LogP contribution in [-0.2, 0) is 6.54 Å². The van der Waals surface area contributed by atoms with Crippen molar-refractivity contribution in [3.8, 4) is 0 Å². The molecule has 0 atom stereocenters. The summed E-state index contributed by atoms with van der Waals surface area (Å²) in [7, 11) is 3.62. The molecule has 7 nitrogen and oxygen atoms in total. The number of carbonyl (C=O) groups excluding carboxylic acids is 1. The number of aromatic nitrogens is 3. The molecule has 1 saturated heterocycles. The van der Waals surface area contributed by atoms with E-state index in [1.54, 1.807) is 4.90 Å². The third kappa shape index (κ3) is 4.47. The Morgan fingerprint density at radius 2 is 1.78 bits per heavy atom. The summed E-state index contributed by atoms with van der Waals surface area (Å²) < 4.78 is 27.5. The van der Waals surface area contributed by atoms with E-state index in [4.69, 9.17) is 0 Å². The monoisotopic (exact) mass is 376 g/mol. The molecule has 0 radical (unpaired) electrons. The predicted molar refractivity (Wildman–Crippen MR) is 97.7 cm³/mol. The Morgan fingerprint density at radius 3 is 2.41 bits per heavy atom. The Morgan fingerprint density at radius 1 is 1.11 bits per heavy atom. The number of anilines is 2. The Kier molecular flexibility index (Phi) is 5.78. The summed E-state index contributed by atoms with van der Waals surface area (Å²) in [5.41, 5.74) is -0.615. The molecular formula is C18H22F2N6O. The summed E-state index contributed by atoms with van der Waals surface area (Å²) in [6.07, 6.45) is 3.32. The summed E-state index contributed by atoms with van der Waals surface area (Å²) in [5.74, 6) is -1.32. The first-order valence-corrected chi connectivity index (χ1v) is 8.85. The number of benzene rings is 1. The average Bonchev–Trinajstić information content (AvgIpc) is 2.66. The molecular weight excluding hydrogens is 354 g/mol. The lowest BCUT2D eigenvalue weighted by Crippen LogP contribution is -2.33. The number of piperidine rings is 1. The molecule has 1 aromatic heterocycles. The molecule has 1 N–H and O–H groups in total. The zero-order valence-corrected chi connectivity index (χ0v) is 15.4. The highest BCUT2D eigenvalue weighted by atomic mass is 19.1. The fraction of sp³-hybridized carbons (Fsp3) is 0.444. The number of carbonyl (C=O) groups is 1. The van der Waals surface area contributed by atoms with Gasteiger partial charge in [-0.3, -0.25) is 4.79 Å². The van der Waals surface area contributed by atoms with E-state index in [0.29, 0.717) is 17.7 Å². The van der Waals surface area contributed by atoms with Gasteiger partial charge < -0.3 is 15.1 Å². The van der Waals surface area contributed by atoms with Gasteiger partial charge in [-0.05, 0) is 31.4 Å². The van der Waals surface area contributed by atoms with Gasteiger partial charge in [-0.25, -0.2) is 8.78 Å². The molecule has 0 bridgehead atoms. The topological polar surface area (TPSA) is 74.2 Å². The Labute approximate surface area is 156 Å². The first-order chi connectivity index (χ1) is 13.0. The van der Waals surface area contributed by atoms with Crippen molar-refractivity contribution in [3.63, 3.8) is 0 Å². The summed E-state index contributed by atoms with van der Waals surface area (Å²) in [5, 5.41) is 2.48. The van der Waals surface area contributed by atoms with Gasteiger partial charge in [0, 0.05) is 27.2 Å². The first kappa shape index (κ1) is 18.9. The van der Waals surface area contributed by atoms with E-state index in [-0.39, 0.29) is 6.54 Å². The van der Waals surface area contributed by atoms with Crippen molar-refractivity contribution in [2.75, 3.05) is 37.0 Å². The van der Waals surface area contributed by atoms with Crippen molar-refractivity contribution >= 4 is 17.8 Å². The van der Waals surface area contributed by atoms with Crippen molar-refractivity contribution in [2.45, 2.75) is 25.8 Å². The van der Waals surface area contributed by atoms with Crippen LogP contribution in [0.5, 0.6) is 0 Å². The Balaban J connectivity index is 1.79. The maximum absolute atomic E-state index is 13.7. The van der Waals surface area contributed by atoms with Crippen LogP contribution in [0, 0.1) is 11.6 Å². The van der Waals surface area contributed by atoms with Gasteiger partial charge in [0.2, 0.25) is 11.9 Å². The van der Waals surface area contributed by atoms with Crippen molar-refractivity contribution < 1.29 is 13.6 Å². The second kappa shape index (κ2) is 8.24. The highest BCUT2D eigenvalue weighted by Crippen LogP contribution is 2.18. The standard InChI is InChI=1S/C18H22F2N6O/c1-25(2)17-22-14(23-18(24-17)26-9-4-3-5-10-26)11-21-16(27)15-12(19)7-6-8-13(15)20/h6-8H,3-5,9-11H2,1-2H3,(H,21,27). The fourth-order valence-electron chi connectivity index (χ4n) is 2.87. The molecule has 27 heavy (non-hydrogen) atoms. The summed E-state index contributed by atoms with van der Waals surface area (Å²) in [4.78, 5) is 29.2. The predicted octanol–water partition coefficient (Wildman–Crippen LogP) is 2.14. The van der Waals surface area contributed by atoms with Crippen LogP contribution < -0.4 is 15.1 Å². The molecule has 1 aliphatic rings. The van der Waals surface area contributed by atoms with Crippen LogP contribution in [0.4, 0.5) is 20.7 Å². The van der Waals surface area contributed by atoms with Crippen LogP contribution in [0.3, 0.4) is 0 Å². The molecule has 144 valence electrons. The molecule has 9 heteroatoms. The van der Waals surface area contributed by atoms with Crippen LogP contribution in [0.15, 0.2) is 18.2 Å². The lowest BCUT2D eigenvalue weighted by molar-refractivity contribution is 0.0941. The van der Waals surface area contributed by atoms with E-state index >= 15 is 0 Å². The number of nitrogens with one attached hydrogen (secondary N) is 1. The van der Waals surface area contributed by atoms with E-state index in [1.807, 2.05) is 14.1 Å². The molecule has 0 spiro atoms.